The fourth-order valence-electron chi connectivity index (χ4n) is 3.07. The minimum absolute atomic E-state index is 0.0161. The summed E-state index contributed by atoms with van der Waals surface area (Å²) in [5.41, 5.74) is 1.54. The van der Waals surface area contributed by atoms with Crippen molar-refractivity contribution < 1.29 is 9.66 Å². The molecular weight excluding hydrogens is 324 g/mol. The predicted molar refractivity (Wildman–Crippen MR) is 93.0 cm³/mol. The van der Waals surface area contributed by atoms with E-state index < -0.39 is 4.92 Å². The van der Waals surface area contributed by atoms with Gasteiger partial charge in [0, 0.05) is 45.4 Å². The van der Waals surface area contributed by atoms with E-state index in [4.69, 9.17) is 4.74 Å². The molecule has 9 nitrogen and oxygen atoms in total. The fraction of sp³-hybridized carbons (Fsp3) is 0.375. The Labute approximate surface area is 144 Å². The van der Waals surface area contributed by atoms with Crippen LogP contribution < -0.4 is 14.5 Å². The number of anilines is 3. The minimum atomic E-state index is -0.443. The number of fused-ring (bicyclic) bond motifs is 2. The summed E-state index contributed by atoms with van der Waals surface area (Å²) >= 11 is 0. The molecule has 0 spiro atoms. The van der Waals surface area contributed by atoms with Gasteiger partial charge in [0.05, 0.1) is 16.7 Å². The third-order valence-corrected chi connectivity index (χ3v) is 4.64. The Balaban J connectivity index is 1.66. The molecule has 0 N–H and O–H groups in total. The number of nitro benzene ring substituents is 1. The topological polar surface area (TPSA) is 87.9 Å². The summed E-state index contributed by atoms with van der Waals surface area (Å²) < 4.78 is 5.75. The first-order valence-corrected chi connectivity index (χ1v) is 8.04. The molecule has 130 valence electrons. The summed E-state index contributed by atoms with van der Waals surface area (Å²) in [5, 5.41) is 19.4. The molecule has 1 fully saturated rings. The van der Waals surface area contributed by atoms with Gasteiger partial charge < -0.3 is 19.4 Å². The number of nitro groups is 1. The van der Waals surface area contributed by atoms with Crippen molar-refractivity contribution in [3.63, 3.8) is 0 Å². The van der Waals surface area contributed by atoms with E-state index in [1.807, 2.05) is 18.0 Å². The lowest BCUT2D eigenvalue weighted by atomic mass is 10.2. The molecule has 0 unspecified atom stereocenters. The molecule has 2 aromatic rings. The second kappa shape index (κ2) is 5.85. The van der Waals surface area contributed by atoms with E-state index in [9.17, 15) is 10.1 Å². The van der Waals surface area contributed by atoms with Crippen molar-refractivity contribution in [1.82, 2.24) is 15.1 Å². The van der Waals surface area contributed by atoms with Crippen molar-refractivity contribution in [3.8, 4) is 11.6 Å². The molecule has 25 heavy (non-hydrogen) atoms. The van der Waals surface area contributed by atoms with Crippen LogP contribution in [0.3, 0.4) is 0 Å². The van der Waals surface area contributed by atoms with Crippen LogP contribution in [0, 0.1) is 10.1 Å². The summed E-state index contributed by atoms with van der Waals surface area (Å²) in [7, 11) is 4.00. The lowest BCUT2D eigenvalue weighted by molar-refractivity contribution is -0.384. The molecule has 1 saturated heterocycles. The molecule has 0 bridgehead atoms. The van der Waals surface area contributed by atoms with Crippen LogP contribution in [-0.2, 0) is 0 Å². The molecule has 0 radical (unpaired) electrons. The van der Waals surface area contributed by atoms with Crippen molar-refractivity contribution in [2.24, 2.45) is 0 Å². The highest BCUT2D eigenvalue weighted by atomic mass is 16.6. The van der Waals surface area contributed by atoms with Crippen molar-refractivity contribution in [3.05, 3.63) is 34.4 Å². The SMILES string of the molecule is CN1CCN(c2cc3c(nn2)Oc2cc([N+](=O)[O-])ccc2N3C)CC1. The first kappa shape index (κ1) is 15.6. The van der Waals surface area contributed by atoms with Crippen molar-refractivity contribution in [2.75, 3.05) is 50.1 Å². The van der Waals surface area contributed by atoms with Gasteiger partial charge in [0.25, 0.3) is 11.6 Å². The first-order chi connectivity index (χ1) is 12.0. The molecule has 0 amide bonds. The van der Waals surface area contributed by atoms with Crippen LogP contribution in [0.2, 0.25) is 0 Å². The standard InChI is InChI=1S/C16H18N6O3/c1-19-5-7-21(8-6-19)15-10-13-16(18-17-15)25-14-9-11(22(23)24)3-4-12(14)20(13)2/h3-4,9-10H,5-8H2,1-2H3. The predicted octanol–water partition coefficient (Wildman–Crippen LogP) is 2.01. The zero-order chi connectivity index (χ0) is 17.6. The number of ether oxygens (including phenoxy) is 1. The van der Waals surface area contributed by atoms with Gasteiger partial charge in [-0.2, -0.15) is 0 Å². The van der Waals surface area contributed by atoms with Crippen LogP contribution in [-0.4, -0.2) is 60.3 Å². The average molecular weight is 342 g/mol. The van der Waals surface area contributed by atoms with Crippen LogP contribution in [0.1, 0.15) is 0 Å². The lowest BCUT2D eigenvalue weighted by Gasteiger charge is -2.34. The molecule has 2 aliphatic heterocycles. The van der Waals surface area contributed by atoms with Gasteiger partial charge >= 0.3 is 0 Å². The molecule has 9 heteroatoms. The van der Waals surface area contributed by atoms with E-state index in [0.717, 1.165) is 43.4 Å². The van der Waals surface area contributed by atoms with Crippen LogP contribution in [0.4, 0.5) is 22.9 Å². The van der Waals surface area contributed by atoms with Crippen molar-refractivity contribution in [1.29, 1.82) is 0 Å². The largest absolute Gasteiger partial charge is 0.434 e. The quantitative estimate of drug-likeness (QED) is 0.605. The van der Waals surface area contributed by atoms with Gasteiger partial charge in [0.2, 0.25) is 0 Å². The van der Waals surface area contributed by atoms with Gasteiger partial charge in [-0.15, -0.1) is 10.2 Å². The number of nitrogens with zero attached hydrogens (tertiary/aromatic N) is 6. The van der Waals surface area contributed by atoms with Gasteiger partial charge in [-0.05, 0) is 13.1 Å². The zero-order valence-electron chi connectivity index (χ0n) is 14.0. The highest BCUT2D eigenvalue weighted by Crippen LogP contribution is 2.46. The number of non-ortho nitro benzene ring substituents is 1. The summed E-state index contributed by atoms with van der Waals surface area (Å²) in [6.45, 7) is 3.77. The summed E-state index contributed by atoms with van der Waals surface area (Å²) in [4.78, 5) is 16.9. The van der Waals surface area contributed by atoms with Gasteiger partial charge in [-0.1, -0.05) is 0 Å². The van der Waals surface area contributed by atoms with Crippen LogP contribution >= 0.6 is 0 Å². The first-order valence-electron chi connectivity index (χ1n) is 8.04. The van der Waals surface area contributed by atoms with Crippen molar-refractivity contribution >= 4 is 22.9 Å². The van der Waals surface area contributed by atoms with E-state index in [1.54, 1.807) is 6.07 Å². The lowest BCUT2D eigenvalue weighted by Crippen LogP contribution is -2.45. The highest BCUT2D eigenvalue weighted by molar-refractivity contribution is 5.78. The molecule has 0 atom stereocenters. The van der Waals surface area contributed by atoms with E-state index in [0.29, 0.717) is 11.6 Å². The number of hydrogen-bond donors (Lipinski definition) is 0. The Bertz CT molecular complexity index is 835. The maximum atomic E-state index is 11.0. The number of rotatable bonds is 2. The Morgan fingerprint density at radius 3 is 2.56 bits per heavy atom. The number of benzene rings is 1. The minimum Gasteiger partial charge on any atom is -0.434 e. The smallest absolute Gasteiger partial charge is 0.273 e. The Hall–Kier alpha value is -2.94. The van der Waals surface area contributed by atoms with Crippen LogP contribution in [0.25, 0.3) is 0 Å². The third kappa shape index (κ3) is 2.72. The molecule has 0 aliphatic carbocycles. The summed E-state index contributed by atoms with van der Waals surface area (Å²) in [6, 6.07) is 6.52. The molecule has 1 aromatic carbocycles. The normalized spacial score (nSPS) is 16.9. The monoisotopic (exact) mass is 342 g/mol. The molecule has 4 rings (SSSR count). The molecule has 2 aliphatic rings. The second-order valence-corrected chi connectivity index (χ2v) is 6.25. The zero-order valence-corrected chi connectivity index (χ0v) is 14.0. The van der Waals surface area contributed by atoms with E-state index in [-0.39, 0.29) is 5.69 Å². The Morgan fingerprint density at radius 2 is 1.84 bits per heavy atom. The number of piperazine rings is 1. The maximum Gasteiger partial charge on any atom is 0.273 e. The van der Waals surface area contributed by atoms with E-state index >= 15 is 0 Å². The van der Waals surface area contributed by atoms with Crippen LogP contribution in [0.15, 0.2) is 24.3 Å². The highest BCUT2D eigenvalue weighted by Gasteiger charge is 2.27. The molecular formula is C16H18N6O3. The average Bonchev–Trinajstić information content (AvgIpc) is 2.62. The van der Waals surface area contributed by atoms with Crippen LogP contribution in [0.5, 0.6) is 11.6 Å². The van der Waals surface area contributed by atoms with Gasteiger partial charge in [0.1, 0.15) is 5.69 Å². The summed E-state index contributed by atoms with van der Waals surface area (Å²) in [5.74, 6) is 1.58. The molecule has 3 heterocycles. The number of likely N-dealkylation sites (N-methyl/N-ethyl adjacent to an activating group) is 1. The molecule has 1 aromatic heterocycles. The Morgan fingerprint density at radius 1 is 1.08 bits per heavy atom. The third-order valence-electron chi connectivity index (χ3n) is 4.64. The number of aromatic nitrogens is 2. The van der Waals surface area contributed by atoms with Gasteiger partial charge in [-0.25, -0.2) is 0 Å². The Kier molecular flexibility index (Phi) is 3.65. The van der Waals surface area contributed by atoms with E-state index in [2.05, 4.69) is 27.0 Å². The second-order valence-electron chi connectivity index (χ2n) is 6.25. The van der Waals surface area contributed by atoms with E-state index in [1.165, 1.54) is 12.1 Å². The van der Waals surface area contributed by atoms with Crippen molar-refractivity contribution in [2.45, 2.75) is 0 Å². The fourth-order valence-corrected chi connectivity index (χ4v) is 3.07. The summed E-state index contributed by atoms with van der Waals surface area (Å²) in [6.07, 6.45) is 0. The maximum absolute atomic E-state index is 11.0. The van der Waals surface area contributed by atoms with Gasteiger partial charge in [-0.3, -0.25) is 10.1 Å². The molecule has 0 saturated carbocycles. The number of hydrogen-bond acceptors (Lipinski definition) is 8. The van der Waals surface area contributed by atoms with Gasteiger partial charge in [0.15, 0.2) is 11.6 Å².